The van der Waals surface area contributed by atoms with Gasteiger partial charge in [0.05, 0.1) is 12.3 Å². The molecule has 0 N–H and O–H groups in total. The molecule has 0 amide bonds. The summed E-state index contributed by atoms with van der Waals surface area (Å²) in [5, 5.41) is 13.0. The third-order valence-electron chi connectivity index (χ3n) is 2.73. The molecule has 1 aliphatic rings. The molecule has 0 aliphatic carbocycles. The summed E-state index contributed by atoms with van der Waals surface area (Å²) in [4.78, 5) is 0. The number of nitrogens with zero attached hydrogens (tertiary/aromatic N) is 4. The minimum absolute atomic E-state index is 0.0274. The van der Waals surface area contributed by atoms with Crippen molar-refractivity contribution < 1.29 is 8.42 Å². The third-order valence-corrected chi connectivity index (χ3v) is 3.97. The largest absolute Gasteiger partial charge is 0.255 e. The topological polar surface area (TPSA) is 79.0 Å². The summed E-state index contributed by atoms with van der Waals surface area (Å²) in [5.74, 6) is 0.0274. The summed E-state index contributed by atoms with van der Waals surface area (Å²) in [5.41, 5.74) is 0. The zero-order valence-electron chi connectivity index (χ0n) is 8.81. The molecule has 0 spiro atoms. The molecule has 2 rings (SSSR count). The van der Waals surface area contributed by atoms with E-state index in [1.165, 1.54) is 10.6 Å². The molecular weight excluding hydrogens is 228 g/mol. The van der Waals surface area contributed by atoms with Crippen LogP contribution >= 0.6 is 0 Å². The van der Waals surface area contributed by atoms with Crippen molar-refractivity contribution in [1.82, 2.24) is 14.1 Å². The minimum Gasteiger partial charge on any atom is -0.255 e. The molecule has 1 fully saturated rings. The molecule has 6 nitrogen and oxygen atoms in total. The van der Waals surface area contributed by atoms with Crippen LogP contribution in [0.4, 0.5) is 0 Å². The van der Waals surface area contributed by atoms with Crippen LogP contribution < -0.4 is 0 Å². The highest BCUT2D eigenvalue weighted by Gasteiger charge is 2.39. The van der Waals surface area contributed by atoms with Crippen molar-refractivity contribution >= 4 is 10.0 Å². The smallest absolute Gasteiger partial charge is 0.211 e. The van der Waals surface area contributed by atoms with Crippen LogP contribution in [0.15, 0.2) is 18.5 Å². The first kappa shape index (κ1) is 11.1. The molecule has 7 heteroatoms. The van der Waals surface area contributed by atoms with Gasteiger partial charge in [-0.15, -0.1) is 0 Å². The molecule has 1 aromatic rings. The van der Waals surface area contributed by atoms with E-state index in [9.17, 15) is 8.42 Å². The molecule has 1 aromatic heterocycles. The zero-order valence-corrected chi connectivity index (χ0v) is 9.63. The Kier molecular flexibility index (Phi) is 2.69. The van der Waals surface area contributed by atoms with Crippen LogP contribution in [0.25, 0.3) is 0 Å². The first-order chi connectivity index (χ1) is 7.52. The second kappa shape index (κ2) is 3.88. The number of nitriles is 1. The molecule has 1 unspecified atom stereocenters. The van der Waals surface area contributed by atoms with Crippen LogP contribution in [0.1, 0.15) is 6.04 Å². The zero-order chi connectivity index (χ0) is 11.8. The fourth-order valence-electron chi connectivity index (χ4n) is 1.77. The lowest BCUT2D eigenvalue weighted by Gasteiger charge is -2.39. The fourth-order valence-corrected chi connectivity index (χ4v) is 2.69. The number of hydrogen-bond acceptors (Lipinski definition) is 4. The van der Waals surface area contributed by atoms with E-state index >= 15 is 0 Å². The molecular formula is C9H12N4O2S. The maximum atomic E-state index is 11.2. The van der Waals surface area contributed by atoms with Gasteiger partial charge in [0, 0.05) is 31.4 Å². The summed E-state index contributed by atoms with van der Waals surface area (Å²) in [6.45, 7) is 0.799. The Hall–Kier alpha value is -1.39. The average Bonchev–Trinajstić information content (AvgIpc) is 2.60. The van der Waals surface area contributed by atoms with Crippen LogP contribution in [-0.4, -0.2) is 41.8 Å². The lowest BCUT2D eigenvalue weighted by Crippen LogP contribution is -2.52. The highest BCUT2D eigenvalue weighted by atomic mass is 32.2. The molecule has 1 saturated heterocycles. The quantitative estimate of drug-likeness (QED) is 0.735. The Bertz CT molecular complexity index is 496. The van der Waals surface area contributed by atoms with Gasteiger partial charge in [-0.05, 0) is 6.07 Å². The maximum Gasteiger partial charge on any atom is 0.211 e. The van der Waals surface area contributed by atoms with E-state index in [0.29, 0.717) is 13.1 Å². The van der Waals surface area contributed by atoms with Gasteiger partial charge in [-0.3, -0.25) is 4.68 Å². The van der Waals surface area contributed by atoms with Crippen molar-refractivity contribution in [2.45, 2.75) is 6.04 Å². The molecule has 0 bridgehead atoms. The normalized spacial score (nSPS) is 20.0. The van der Waals surface area contributed by atoms with Gasteiger partial charge in [0.15, 0.2) is 0 Å². The Morgan fingerprint density at radius 3 is 2.69 bits per heavy atom. The lowest BCUT2D eigenvalue weighted by molar-refractivity contribution is 0.157. The van der Waals surface area contributed by atoms with Crippen molar-refractivity contribution in [2.75, 3.05) is 19.3 Å². The lowest BCUT2D eigenvalue weighted by atomic mass is 9.95. The fraction of sp³-hybridized carbons (Fsp3) is 0.556. The Labute approximate surface area is 94.1 Å². The van der Waals surface area contributed by atoms with Gasteiger partial charge in [-0.1, -0.05) is 0 Å². The molecule has 86 valence electrons. The number of hydrogen-bond donors (Lipinski definition) is 0. The molecule has 16 heavy (non-hydrogen) atoms. The molecule has 0 aromatic carbocycles. The molecule has 0 saturated carbocycles. The monoisotopic (exact) mass is 240 g/mol. The van der Waals surface area contributed by atoms with Crippen molar-refractivity contribution in [2.24, 2.45) is 5.92 Å². The van der Waals surface area contributed by atoms with Crippen molar-refractivity contribution in [3.63, 3.8) is 0 Å². The number of aromatic nitrogens is 2. The van der Waals surface area contributed by atoms with Gasteiger partial charge in [0.2, 0.25) is 10.0 Å². The minimum atomic E-state index is -3.12. The summed E-state index contributed by atoms with van der Waals surface area (Å²) in [7, 11) is -3.12. The first-order valence-corrected chi connectivity index (χ1v) is 6.71. The summed E-state index contributed by atoms with van der Waals surface area (Å²) < 4.78 is 25.3. The number of sulfonamides is 1. The standard InChI is InChI=1S/C9H12N4O2S/c1-16(14,15)12-6-8(7-12)9(5-10)13-4-2-3-11-13/h2-4,8-9H,6-7H2,1H3. The van der Waals surface area contributed by atoms with Crippen LogP contribution in [0.5, 0.6) is 0 Å². The van der Waals surface area contributed by atoms with Gasteiger partial charge < -0.3 is 0 Å². The van der Waals surface area contributed by atoms with Gasteiger partial charge >= 0.3 is 0 Å². The second-order valence-electron chi connectivity index (χ2n) is 3.90. The third kappa shape index (κ3) is 1.94. The van der Waals surface area contributed by atoms with Gasteiger partial charge in [0.1, 0.15) is 6.04 Å². The van der Waals surface area contributed by atoms with Gasteiger partial charge in [-0.2, -0.15) is 10.4 Å². The Morgan fingerprint density at radius 1 is 1.56 bits per heavy atom. The van der Waals surface area contributed by atoms with E-state index in [2.05, 4.69) is 11.2 Å². The van der Waals surface area contributed by atoms with Gasteiger partial charge in [-0.25, -0.2) is 12.7 Å². The summed E-state index contributed by atoms with van der Waals surface area (Å²) in [6.07, 6.45) is 4.51. The van der Waals surface area contributed by atoms with Crippen molar-refractivity contribution in [3.05, 3.63) is 18.5 Å². The summed E-state index contributed by atoms with van der Waals surface area (Å²) >= 11 is 0. The average molecular weight is 240 g/mol. The SMILES string of the molecule is CS(=O)(=O)N1CC(C(C#N)n2cccn2)C1. The van der Waals surface area contributed by atoms with E-state index in [-0.39, 0.29) is 12.0 Å². The Balaban J connectivity index is 2.04. The molecule has 0 radical (unpaired) electrons. The number of rotatable bonds is 3. The second-order valence-corrected chi connectivity index (χ2v) is 5.88. The highest BCUT2D eigenvalue weighted by Crippen LogP contribution is 2.28. The Morgan fingerprint density at radius 2 is 2.25 bits per heavy atom. The van der Waals surface area contributed by atoms with Crippen molar-refractivity contribution in [1.29, 1.82) is 5.26 Å². The predicted molar refractivity (Wildman–Crippen MR) is 56.8 cm³/mol. The van der Waals surface area contributed by atoms with Crippen LogP contribution in [0.3, 0.4) is 0 Å². The van der Waals surface area contributed by atoms with Crippen LogP contribution in [0, 0.1) is 17.2 Å². The molecule has 2 heterocycles. The van der Waals surface area contributed by atoms with Crippen molar-refractivity contribution in [3.8, 4) is 6.07 Å². The van der Waals surface area contributed by atoms with E-state index in [4.69, 9.17) is 5.26 Å². The molecule has 1 atom stereocenters. The molecule has 1 aliphatic heterocycles. The van der Waals surface area contributed by atoms with E-state index in [0.717, 1.165) is 0 Å². The van der Waals surface area contributed by atoms with E-state index in [1.807, 2.05) is 0 Å². The predicted octanol–water partition coefficient (Wildman–Crippen LogP) is -0.161. The highest BCUT2D eigenvalue weighted by molar-refractivity contribution is 7.88. The van der Waals surface area contributed by atoms with Crippen LogP contribution in [0.2, 0.25) is 0 Å². The van der Waals surface area contributed by atoms with Gasteiger partial charge in [0.25, 0.3) is 0 Å². The summed E-state index contributed by atoms with van der Waals surface area (Å²) in [6, 6.07) is 3.52. The van der Waals surface area contributed by atoms with E-state index in [1.54, 1.807) is 23.1 Å². The van der Waals surface area contributed by atoms with E-state index < -0.39 is 10.0 Å². The first-order valence-electron chi connectivity index (χ1n) is 4.86. The maximum absolute atomic E-state index is 11.2. The van der Waals surface area contributed by atoms with Crippen LogP contribution in [-0.2, 0) is 10.0 Å².